The second-order valence-electron chi connectivity index (χ2n) is 5.44. The van der Waals surface area contributed by atoms with Crippen molar-refractivity contribution in [3.8, 4) is 0 Å². The van der Waals surface area contributed by atoms with Gasteiger partial charge < -0.3 is 10.6 Å². The van der Waals surface area contributed by atoms with Gasteiger partial charge in [-0.2, -0.15) is 11.8 Å². The Morgan fingerprint density at radius 2 is 2.40 bits per heavy atom. The van der Waals surface area contributed by atoms with Crippen LogP contribution in [0.5, 0.6) is 0 Å². The summed E-state index contributed by atoms with van der Waals surface area (Å²) >= 11 is 1.90. The van der Waals surface area contributed by atoms with E-state index in [1.807, 2.05) is 16.4 Å². The maximum Gasteiger partial charge on any atom is 0.291 e. The molecule has 1 aromatic rings. The van der Waals surface area contributed by atoms with Crippen molar-refractivity contribution < 1.29 is 4.79 Å². The Balaban J connectivity index is 1.58. The molecule has 0 bridgehead atoms. The fraction of sp³-hybridized carbons (Fsp3) is 0.769. The first-order valence-electron chi connectivity index (χ1n) is 7.33. The molecule has 0 aromatic carbocycles. The standard InChI is InChI=1S/C13H21N5OS/c19-13(16-10-3-2-6-20-8-10)12-15-9-18(17-12)11-4-1-5-14-7-11/h9-11,14H,1-8H2,(H,16,19)/t10-,11-/m0/s1. The molecular weight excluding hydrogens is 274 g/mol. The van der Waals surface area contributed by atoms with Crippen molar-refractivity contribution in [1.29, 1.82) is 0 Å². The average Bonchev–Trinajstić information content (AvgIpc) is 2.99. The number of carbonyl (C=O) groups is 1. The molecule has 0 saturated carbocycles. The third kappa shape index (κ3) is 3.32. The summed E-state index contributed by atoms with van der Waals surface area (Å²) in [6.07, 6.45) is 6.15. The Kier molecular flexibility index (Phi) is 4.57. The highest BCUT2D eigenvalue weighted by Crippen LogP contribution is 2.17. The van der Waals surface area contributed by atoms with Crippen LogP contribution in [-0.4, -0.2) is 51.3 Å². The lowest BCUT2D eigenvalue weighted by Crippen LogP contribution is -2.39. The zero-order valence-electron chi connectivity index (χ0n) is 11.5. The molecule has 20 heavy (non-hydrogen) atoms. The van der Waals surface area contributed by atoms with Crippen LogP contribution < -0.4 is 10.6 Å². The minimum absolute atomic E-state index is 0.139. The van der Waals surface area contributed by atoms with Gasteiger partial charge in [-0.05, 0) is 38.0 Å². The Morgan fingerprint density at radius 3 is 3.15 bits per heavy atom. The number of carbonyl (C=O) groups excluding carboxylic acids is 1. The third-order valence-corrected chi connectivity index (χ3v) is 5.07. The number of nitrogens with one attached hydrogen (secondary N) is 2. The zero-order valence-corrected chi connectivity index (χ0v) is 12.4. The highest BCUT2D eigenvalue weighted by molar-refractivity contribution is 7.99. The summed E-state index contributed by atoms with van der Waals surface area (Å²) in [5.41, 5.74) is 0. The van der Waals surface area contributed by atoms with Crippen LogP contribution >= 0.6 is 11.8 Å². The van der Waals surface area contributed by atoms with Crippen LogP contribution in [-0.2, 0) is 0 Å². The van der Waals surface area contributed by atoms with Crippen LogP contribution in [0.2, 0.25) is 0 Å². The van der Waals surface area contributed by atoms with Crippen LogP contribution in [0.1, 0.15) is 42.3 Å². The minimum atomic E-state index is -0.139. The van der Waals surface area contributed by atoms with Gasteiger partial charge >= 0.3 is 0 Å². The van der Waals surface area contributed by atoms with Crippen LogP contribution in [0, 0.1) is 0 Å². The van der Waals surface area contributed by atoms with Gasteiger partial charge in [-0.15, -0.1) is 5.10 Å². The van der Waals surface area contributed by atoms with Crippen molar-refractivity contribution in [2.45, 2.75) is 37.8 Å². The zero-order chi connectivity index (χ0) is 13.8. The number of hydrogen-bond acceptors (Lipinski definition) is 5. The normalized spacial score (nSPS) is 27.2. The molecule has 2 aliphatic heterocycles. The summed E-state index contributed by atoms with van der Waals surface area (Å²) in [6, 6.07) is 0.590. The molecule has 0 radical (unpaired) electrons. The molecule has 1 aromatic heterocycles. The van der Waals surface area contributed by atoms with Gasteiger partial charge in [-0.25, -0.2) is 9.67 Å². The van der Waals surface area contributed by atoms with E-state index in [9.17, 15) is 4.79 Å². The Morgan fingerprint density at radius 1 is 1.45 bits per heavy atom. The van der Waals surface area contributed by atoms with Crippen molar-refractivity contribution in [3.05, 3.63) is 12.2 Å². The molecule has 0 spiro atoms. The second kappa shape index (κ2) is 6.58. The molecule has 7 heteroatoms. The number of piperidine rings is 1. The van der Waals surface area contributed by atoms with Gasteiger partial charge in [0, 0.05) is 18.3 Å². The van der Waals surface area contributed by atoms with Crippen LogP contribution in [0.3, 0.4) is 0 Å². The average molecular weight is 295 g/mol. The second-order valence-corrected chi connectivity index (χ2v) is 6.59. The van der Waals surface area contributed by atoms with E-state index >= 15 is 0 Å². The fourth-order valence-electron chi connectivity index (χ4n) is 2.72. The number of thioether (sulfide) groups is 1. The summed E-state index contributed by atoms with van der Waals surface area (Å²) in [4.78, 5) is 16.3. The third-order valence-electron chi connectivity index (χ3n) is 3.85. The van der Waals surface area contributed by atoms with E-state index in [-0.39, 0.29) is 11.9 Å². The largest absolute Gasteiger partial charge is 0.346 e. The molecular formula is C13H21N5OS. The number of hydrogen-bond donors (Lipinski definition) is 2. The summed E-state index contributed by atoms with van der Waals surface area (Å²) in [5, 5.41) is 10.7. The lowest BCUT2D eigenvalue weighted by Gasteiger charge is -2.22. The molecule has 3 heterocycles. The molecule has 0 aliphatic carbocycles. The van der Waals surface area contributed by atoms with Crippen molar-refractivity contribution in [3.63, 3.8) is 0 Å². The van der Waals surface area contributed by atoms with Gasteiger partial charge in [0.25, 0.3) is 5.91 Å². The van der Waals surface area contributed by atoms with E-state index in [0.717, 1.165) is 38.1 Å². The first-order valence-corrected chi connectivity index (χ1v) is 8.49. The predicted octanol–water partition coefficient (Wildman–Crippen LogP) is 0.828. The first-order chi connectivity index (χ1) is 9.83. The molecule has 110 valence electrons. The van der Waals surface area contributed by atoms with Gasteiger partial charge in [0.2, 0.25) is 5.82 Å². The summed E-state index contributed by atoms with van der Waals surface area (Å²) in [7, 11) is 0. The smallest absolute Gasteiger partial charge is 0.291 e. The summed E-state index contributed by atoms with van der Waals surface area (Å²) in [5.74, 6) is 2.36. The van der Waals surface area contributed by atoms with Gasteiger partial charge in [-0.3, -0.25) is 4.79 Å². The quantitative estimate of drug-likeness (QED) is 0.864. The van der Waals surface area contributed by atoms with Crippen molar-refractivity contribution in [1.82, 2.24) is 25.4 Å². The van der Waals surface area contributed by atoms with Crippen LogP contribution in [0.15, 0.2) is 6.33 Å². The summed E-state index contributed by atoms with van der Waals surface area (Å²) < 4.78 is 1.83. The van der Waals surface area contributed by atoms with Crippen LogP contribution in [0.25, 0.3) is 0 Å². The minimum Gasteiger partial charge on any atom is -0.346 e. The SMILES string of the molecule is O=C(N[C@H]1CCCSC1)c1ncn([C@H]2CCCNC2)n1. The van der Waals surface area contributed by atoms with Gasteiger partial charge in [-0.1, -0.05) is 0 Å². The monoisotopic (exact) mass is 295 g/mol. The van der Waals surface area contributed by atoms with Crippen molar-refractivity contribution in [2.24, 2.45) is 0 Å². The number of amides is 1. The van der Waals surface area contributed by atoms with Gasteiger partial charge in [0.15, 0.2) is 0 Å². The van der Waals surface area contributed by atoms with Crippen LogP contribution in [0.4, 0.5) is 0 Å². The molecule has 2 N–H and O–H groups in total. The maximum atomic E-state index is 12.1. The lowest BCUT2D eigenvalue weighted by molar-refractivity contribution is 0.0927. The van der Waals surface area contributed by atoms with E-state index in [2.05, 4.69) is 20.7 Å². The number of nitrogens with zero attached hydrogens (tertiary/aromatic N) is 3. The van der Waals surface area contributed by atoms with E-state index < -0.39 is 0 Å². The van der Waals surface area contributed by atoms with Gasteiger partial charge in [0.05, 0.1) is 6.04 Å². The highest BCUT2D eigenvalue weighted by Gasteiger charge is 2.21. The van der Waals surface area contributed by atoms with E-state index in [0.29, 0.717) is 11.9 Å². The Hall–Kier alpha value is -1.08. The predicted molar refractivity (Wildman–Crippen MR) is 79.0 cm³/mol. The Labute approximate surface area is 123 Å². The molecule has 0 unspecified atom stereocenters. The van der Waals surface area contributed by atoms with Crippen molar-refractivity contribution >= 4 is 17.7 Å². The molecule has 2 aliphatic rings. The fourth-order valence-corrected chi connectivity index (χ4v) is 3.79. The van der Waals surface area contributed by atoms with E-state index in [1.54, 1.807) is 6.33 Å². The molecule has 2 atom stereocenters. The van der Waals surface area contributed by atoms with Gasteiger partial charge in [0.1, 0.15) is 6.33 Å². The maximum absolute atomic E-state index is 12.1. The molecule has 1 amide bonds. The molecule has 3 rings (SSSR count). The first kappa shape index (κ1) is 13.9. The highest BCUT2D eigenvalue weighted by atomic mass is 32.2. The Bertz CT molecular complexity index is 451. The number of rotatable bonds is 3. The summed E-state index contributed by atoms with van der Waals surface area (Å²) in [6.45, 7) is 1.97. The number of aromatic nitrogens is 3. The molecule has 6 nitrogen and oxygen atoms in total. The van der Waals surface area contributed by atoms with E-state index in [1.165, 1.54) is 12.2 Å². The van der Waals surface area contributed by atoms with Crippen molar-refractivity contribution in [2.75, 3.05) is 24.6 Å². The topological polar surface area (TPSA) is 71.8 Å². The lowest BCUT2D eigenvalue weighted by atomic mass is 10.1. The molecule has 2 fully saturated rings. The molecule has 2 saturated heterocycles. The van der Waals surface area contributed by atoms with E-state index in [4.69, 9.17) is 0 Å².